The van der Waals surface area contributed by atoms with E-state index >= 15 is 0 Å². The van der Waals surface area contributed by atoms with Crippen LogP contribution < -0.4 is 5.73 Å². The molecule has 1 saturated heterocycles. The summed E-state index contributed by atoms with van der Waals surface area (Å²) in [5, 5.41) is 0.799. The van der Waals surface area contributed by atoms with Crippen molar-refractivity contribution in [1.82, 2.24) is 4.90 Å². The second-order valence-electron chi connectivity index (χ2n) is 4.96. The first kappa shape index (κ1) is 12.9. The third kappa shape index (κ3) is 4.30. The van der Waals surface area contributed by atoms with Gasteiger partial charge >= 0.3 is 0 Å². The predicted molar refractivity (Wildman–Crippen MR) is 73.4 cm³/mol. The molecule has 1 fully saturated rings. The van der Waals surface area contributed by atoms with E-state index in [0.29, 0.717) is 0 Å². The quantitative estimate of drug-likeness (QED) is 0.893. The molecule has 2 N–H and O–H groups in total. The third-order valence-electron chi connectivity index (χ3n) is 3.33. The van der Waals surface area contributed by atoms with Crippen LogP contribution in [0.2, 0.25) is 5.02 Å². The van der Waals surface area contributed by atoms with Crippen LogP contribution in [0.25, 0.3) is 0 Å². The minimum atomic E-state index is 0.214. The van der Waals surface area contributed by atoms with E-state index in [1.807, 2.05) is 18.2 Å². The van der Waals surface area contributed by atoms with E-state index < -0.39 is 0 Å². The van der Waals surface area contributed by atoms with Crippen molar-refractivity contribution in [2.24, 2.45) is 5.73 Å². The lowest BCUT2D eigenvalue weighted by Crippen LogP contribution is -2.41. The van der Waals surface area contributed by atoms with Crippen molar-refractivity contribution in [3.8, 4) is 0 Å². The van der Waals surface area contributed by atoms with E-state index in [4.69, 9.17) is 17.3 Å². The maximum absolute atomic E-state index is 6.20. The molecule has 1 aliphatic rings. The minimum absolute atomic E-state index is 0.214. The van der Waals surface area contributed by atoms with Crippen molar-refractivity contribution in [3.63, 3.8) is 0 Å². The molecule has 0 aliphatic carbocycles. The molecule has 1 aromatic carbocycles. The topological polar surface area (TPSA) is 29.3 Å². The minimum Gasteiger partial charge on any atom is -0.326 e. The van der Waals surface area contributed by atoms with Crippen LogP contribution in [0.1, 0.15) is 24.8 Å². The first-order valence-corrected chi connectivity index (χ1v) is 6.84. The number of hydrogen-bond acceptors (Lipinski definition) is 2. The largest absolute Gasteiger partial charge is 0.326 e. The van der Waals surface area contributed by atoms with Gasteiger partial charge in [0.1, 0.15) is 0 Å². The molecule has 0 amide bonds. The highest BCUT2D eigenvalue weighted by atomic mass is 35.5. The molecule has 0 saturated carbocycles. The van der Waals surface area contributed by atoms with Gasteiger partial charge < -0.3 is 10.6 Å². The van der Waals surface area contributed by atoms with Crippen LogP contribution in [0.5, 0.6) is 0 Å². The molecule has 1 aromatic rings. The number of rotatable bonds is 4. The van der Waals surface area contributed by atoms with Gasteiger partial charge in [0, 0.05) is 17.6 Å². The third-order valence-corrected chi connectivity index (χ3v) is 3.56. The van der Waals surface area contributed by atoms with E-state index in [1.54, 1.807) is 0 Å². The second-order valence-corrected chi connectivity index (χ2v) is 5.39. The molecule has 17 heavy (non-hydrogen) atoms. The van der Waals surface area contributed by atoms with Gasteiger partial charge in [-0.1, -0.05) is 30.2 Å². The molecular formula is C14H21ClN2. The van der Waals surface area contributed by atoms with Crippen LogP contribution in [0.4, 0.5) is 0 Å². The monoisotopic (exact) mass is 252 g/mol. The van der Waals surface area contributed by atoms with Crippen molar-refractivity contribution in [2.45, 2.75) is 31.7 Å². The molecule has 3 heteroatoms. The van der Waals surface area contributed by atoms with Crippen LogP contribution in [-0.4, -0.2) is 30.6 Å². The van der Waals surface area contributed by atoms with Crippen molar-refractivity contribution < 1.29 is 0 Å². The second kappa shape index (κ2) is 6.39. The zero-order valence-electron chi connectivity index (χ0n) is 10.2. The molecule has 0 aromatic heterocycles. The van der Waals surface area contributed by atoms with Crippen molar-refractivity contribution in [3.05, 3.63) is 34.9 Å². The summed E-state index contributed by atoms with van der Waals surface area (Å²) in [7, 11) is 0. The number of halogens is 1. The summed E-state index contributed by atoms with van der Waals surface area (Å²) in [5.41, 5.74) is 7.44. The first-order chi connectivity index (χ1) is 8.24. The summed E-state index contributed by atoms with van der Waals surface area (Å²) in [6.45, 7) is 3.43. The van der Waals surface area contributed by atoms with Crippen molar-refractivity contribution in [1.29, 1.82) is 0 Å². The number of piperidine rings is 1. The molecular weight excluding hydrogens is 232 g/mol. The van der Waals surface area contributed by atoms with Gasteiger partial charge in [-0.2, -0.15) is 0 Å². The Morgan fingerprint density at radius 1 is 1.24 bits per heavy atom. The Morgan fingerprint density at radius 3 is 2.71 bits per heavy atom. The Bertz CT molecular complexity index is 348. The van der Waals surface area contributed by atoms with E-state index in [9.17, 15) is 0 Å². The number of nitrogens with zero attached hydrogens (tertiary/aromatic N) is 1. The van der Waals surface area contributed by atoms with Crippen molar-refractivity contribution >= 4 is 11.6 Å². The standard InChI is InChI=1S/C14H21ClN2/c15-13-6-4-5-12(9-13)10-14(16)11-17-7-2-1-3-8-17/h4-6,9,14H,1-3,7-8,10-11,16H2. The fourth-order valence-electron chi connectivity index (χ4n) is 2.50. The Balaban J connectivity index is 1.82. The van der Waals surface area contributed by atoms with E-state index in [1.165, 1.54) is 37.9 Å². The van der Waals surface area contributed by atoms with Crippen LogP contribution in [0, 0.1) is 0 Å². The summed E-state index contributed by atoms with van der Waals surface area (Å²) in [6.07, 6.45) is 4.94. The number of hydrogen-bond donors (Lipinski definition) is 1. The fraction of sp³-hybridized carbons (Fsp3) is 0.571. The summed E-state index contributed by atoms with van der Waals surface area (Å²) >= 11 is 5.97. The van der Waals surface area contributed by atoms with Gasteiger partial charge in [-0.15, -0.1) is 0 Å². The van der Waals surface area contributed by atoms with E-state index in [2.05, 4.69) is 11.0 Å². The highest BCUT2D eigenvalue weighted by Crippen LogP contribution is 2.13. The van der Waals surface area contributed by atoms with E-state index in [0.717, 1.165) is 18.0 Å². The molecule has 2 nitrogen and oxygen atoms in total. The Morgan fingerprint density at radius 2 is 2.00 bits per heavy atom. The lowest BCUT2D eigenvalue weighted by Gasteiger charge is -2.29. The normalized spacial score (nSPS) is 19.2. The molecule has 2 rings (SSSR count). The Labute approximate surface area is 109 Å². The Hall–Kier alpha value is -0.570. The van der Waals surface area contributed by atoms with Gasteiger partial charge in [0.05, 0.1) is 0 Å². The van der Waals surface area contributed by atoms with Crippen LogP contribution in [0.3, 0.4) is 0 Å². The van der Waals surface area contributed by atoms with Gasteiger partial charge in [0.2, 0.25) is 0 Å². The molecule has 0 bridgehead atoms. The fourth-order valence-corrected chi connectivity index (χ4v) is 2.72. The van der Waals surface area contributed by atoms with Gasteiger partial charge in [-0.25, -0.2) is 0 Å². The number of benzene rings is 1. The zero-order valence-corrected chi connectivity index (χ0v) is 11.0. The number of nitrogens with two attached hydrogens (primary N) is 1. The highest BCUT2D eigenvalue weighted by Gasteiger charge is 2.13. The molecule has 94 valence electrons. The maximum atomic E-state index is 6.20. The predicted octanol–water partition coefficient (Wildman–Crippen LogP) is 2.70. The summed E-state index contributed by atoms with van der Waals surface area (Å²) in [4.78, 5) is 2.48. The average Bonchev–Trinajstić information content (AvgIpc) is 2.30. The SMILES string of the molecule is NC(Cc1cccc(Cl)c1)CN1CCCCC1. The Kier molecular flexibility index (Phi) is 4.84. The summed E-state index contributed by atoms with van der Waals surface area (Å²) < 4.78 is 0. The molecule has 1 aliphatic heterocycles. The van der Waals surface area contributed by atoms with Gasteiger partial charge in [0.25, 0.3) is 0 Å². The van der Waals surface area contributed by atoms with Crippen molar-refractivity contribution in [2.75, 3.05) is 19.6 Å². The zero-order chi connectivity index (χ0) is 12.1. The summed E-state index contributed by atoms with van der Waals surface area (Å²) in [5.74, 6) is 0. The smallest absolute Gasteiger partial charge is 0.0408 e. The molecule has 1 unspecified atom stereocenters. The van der Waals surface area contributed by atoms with E-state index in [-0.39, 0.29) is 6.04 Å². The van der Waals surface area contributed by atoms with Gasteiger partial charge in [0.15, 0.2) is 0 Å². The highest BCUT2D eigenvalue weighted by molar-refractivity contribution is 6.30. The van der Waals surface area contributed by atoms with Gasteiger partial charge in [-0.3, -0.25) is 0 Å². The first-order valence-electron chi connectivity index (χ1n) is 6.46. The molecule has 0 radical (unpaired) electrons. The van der Waals surface area contributed by atoms with Crippen LogP contribution in [0.15, 0.2) is 24.3 Å². The average molecular weight is 253 g/mol. The maximum Gasteiger partial charge on any atom is 0.0408 e. The molecule has 0 spiro atoms. The lowest BCUT2D eigenvalue weighted by atomic mass is 10.0. The molecule has 1 atom stereocenters. The van der Waals surface area contributed by atoms with Crippen LogP contribution in [-0.2, 0) is 6.42 Å². The number of likely N-dealkylation sites (tertiary alicyclic amines) is 1. The van der Waals surface area contributed by atoms with Crippen LogP contribution >= 0.6 is 11.6 Å². The molecule has 1 heterocycles. The lowest BCUT2D eigenvalue weighted by molar-refractivity contribution is 0.215. The van der Waals surface area contributed by atoms with Gasteiger partial charge in [-0.05, 0) is 50.0 Å². The summed E-state index contributed by atoms with van der Waals surface area (Å²) in [6, 6.07) is 8.22.